The molecule has 0 saturated heterocycles. The van der Waals surface area contributed by atoms with Gasteiger partial charge in [-0.15, -0.1) is 0 Å². The zero-order valence-electron chi connectivity index (χ0n) is 13.2. The first-order valence-corrected chi connectivity index (χ1v) is 8.02. The molecular weight excluding hydrogens is 290 g/mol. The van der Waals surface area contributed by atoms with E-state index in [4.69, 9.17) is 9.84 Å². The molecule has 0 aliphatic rings. The van der Waals surface area contributed by atoms with Gasteiger partial charge in [-0.25, -0.2) is 4.98 Å². The van der Waals surface area contributed by atoms with Gasteiger partial charge in [-0.1, -0.05) is 25.6 Å². The minimum Gasteiger partial charge on any atom is -0.481 e. The fourth-order valence-corrected chi connectivity index (χ4v) is 2.54. The van der Waals surface area contributed by atoms with Gasteiger partial charge in [-0.3, -0.25) is 4.79 Å². The van der Waals surface area contributed by atoms with Gasteiger partial charge in [0.15, 0.2) is 5.16 Å². The van der Waals surface area contributed by atoms with Crippen molar-refractivity contribution in [3.8, 4) is 0 Å². The van der Waals surface area contributed by atoms with E-state index >= 15 is 0 Å². The fourth-order valence-electron chi connectivity index (χ4n) is 1.80. The molecular formula is C14H25N3O3S. The molecule has 0 atom stereocenters. The summed E-state index contributed by atoms with van der Waals surface area (Å²) in [6.07, 6.45) is 1.83. The van der Waals surface area contributed by atoms with Gasteiger partial charge in [0.1, 0.15) is 0 Å². The summed E-state index contributed by atoms with van der Waals surface area (Å²) in [5.41, 5.74) is 1.11. The van der Waals surface area contributed by atoms with Gasteiger partial charge in [0.25, 0.3) is 0 Å². The first-order chi connectivity index (χ1) is 9.91. The zero-order valence-corrected chi connectivity index (χ0v) is 14.0. The van der Waals surface area contributed by atoms with Crippen LogP contribution in [0.3, 0.4) is 0 Å². The number of hydrogen-bond acceptors (Lipinski definition) is 5. The van der Waals surface area contributed by atoms with Crippen molar-refractivity contribution in [1.29, 1.82) is 0 Å². The summed E-state index contributed by atoms with van der Waals surface area (Å²) in [6.45, 7) is 7.09. The Labute approximate surface area is 130 Å². The van der Waals surface area contributed by atoms with Crippen molar-refractivity contribution in [1.82, 2.24) is 14.5 Å². The maximum atomic E-state index is 10.7. The number of aromatic nitrogens is 2. The highest BCUT2D eigenvalue weighted by molar-refractivity contribution is 7.99. The van der Waals surface area contributed by atoms with Crippen molar-refractivity contribution in [2.45, 2.75) is 31.5 Å². The molecule has 1 N–H and O–H groups in total. The van der Waals surface area contributed by atoms with Crippen molar-refractivity contribution in [2.75, 3.05) is 39.6 Å². The van der Waals surface area contributed by atoms with Crippen LogP contribution in [0.2, 0.25) is 0 Å². The Kier molecular flexibility index (Phi) is 7.77. The van der Waals surface area contributed by atoms with Crippen LogP contribution in [0.4, 0.5) is 0 Å². The number of likely N-dealkylation sites (N-methyl/N-ethyl adjacent to an activating group) is 1. The van der Waals surface area contributed by atoms with Gasteiger partial charge in [0, 0.05) is 25.0 Å². The second-order valence-corrected chi connectivity index (χ2v) is 6.31. The van der Waals surface area contributed by atoms with Crippen LogP contribution < -0.4 is 0 Å². The zero-order chi connectivity index (χ0) is 15.8. The van der Waals surface area contributed by atoms with Crippen LogP contribution in [0.1, 0.15) is 25.5 Å². The number of carboxylic acids is 1. The molecule has 0 radical (unpaired) electrons. The lowest BCUT2D eigenvalue weighted by molar-refractivity contribution is -0.133. The van der Waals surface area contributed by atoms with Gasteiger partial charge in [-0.05, 0) is 20.0 Å². The Bertz CT molecular complexity index is 447. The van der Waals surface area contributed by atoms with E-state index in [1.807, 2.05) is 20.3 Å². The molecule has 6 nitrogen and oxygen atoms in total. The summed E-state index contributed by atoms with van der Waals surface area (Å²) in [4.78, 5) is 17.1. The highest BCUT2D eigenvalue weighted by Gasteiger charge is 2.14. The molecule has 1 aromatic heterocycles. The van der Waals surface area contributed by atoms with Gasteiger partial charge in [-0.2, -0.15) is 0 Å². The van der Waals surface area contributed by atoms with E-state index in [1.54, 1.807) is 0 Å². The predicted molar refractivity (Wildman–Crippen MR) is 84.0 cm³/mol. The third-order valence-electron chi connectivity index (χ3n) is 2.91. The molecule has 0 amide bonds. The summed E-state index contributed by atoms with van der Waals surface area (Å²) >= 11 is 1.25. The monoisotopic (exact) mass is 315 g/mol. The highest BCUT2D eigenvalue weighted by Crippen LogP contribution is 2.23. The average Bonchev–Trinajstić information content (AvgIpc) is 2.78. The maximum Gasteiger partial charge on any atom is 0.313 e. The van der Waals surface area contributed by atoms with E-state index in [-0.39, 0.29) is 5.75 Å². The summed E-state index contributed by atoms with van der Waals surface area (Å²) in [5.74, 6) is -0.461. The number of hydrogen-bond donors (Lipinski definition) is 1. The lowest BCUT2D eigenvalue weighted by Crippen LogP contribution is -2.19. The molecule has 0 saturated carbocycles. The van der Waals surface area contributed by atoms with Crippen LogP contribution >= 0.6 is 11.8 Å². The van der Waals surface area contributed by atoms with E-state index in [0.29, 0.717) is 25.7 Å². The molecule has 0 fully saturated rings. The summed E-state index contributed by atoms with van der Waals surface area (Å²) < 4.78 is 7.68. The number of aliphatic carboxylic acids is 1. The Hall–Kier alpha value is -1.05. The topological polar surface area (TPSA) is 67.6 Å². The van der Waals surface area contributed by atoms with Crippen LogP contribution in [0.25, 0.3) is 0 Å². The molecule has 0 spiro atoms. The average molecular weight is 315 g/mol. The van der Waals surface area contributed by atoms with E-state index < -0.39 is 5.97 Å². The second kappa shape index (κ2) is 9.07. The van der Waals surface area contributed by atoms with E-state index in [1.165, 1.54) is 11.8 Å². The number of nitrogens with zero attached hydrogens (tertiary/aromatic N) is 3. The lowest BCUT2D eigenvalue weighted by Gasteiger charge is -2.14. The van der Waals surface area contributed by atoms with Gasteiger partial charge in [0.2, 0.25) is 0 Å². The molecule has 7 heteroatoms. The SMILES string of the molecule is CC(C)c1cnc(SCC(=O)O)n1CCOCCN(C)C. The normalized spacial score (nSPS) is 11.5. The van der Waals surface area contributed by atoms with Crippen LogP contribution in [0.5, 0.6) is 0 Å². The summed E-state index contributed by atoms with van der Waals surface area (Å²) in [5, 5.41) is 9.54. The molecule has 1 aromatic rings. The Balaban J connectivity index is 2.59. The minimum atomic E-state index is -0.831. The van der Waals surface area contributed by atoms with Crippen molar-refractivity contribution < 1.29 is 14.6 Å². The van der Waals surface area contributed by atoms with Crippen molar-refractivity contribution in [3.05, 3.63) is 11.9 Å². The Morgan fingerprint density at radius 1 is 1.48 bits per heavy atom. The van der Waals surface area contributed by atoms with Crippen LogP contribution in [-0.4, -0.2) is 65.1 Å². The number of thioether (sulfide) groups is 1. The van der Waals surface area contributed by atoms with E-state index in [0.717, 1.165) is 17.4 Å². The van der Waals surface area contributed by atoms with Crippen molar-refractivity contribution >= 4 is 17.7 Å². The third kappa shape index (κ3) is 6.50. The molecule has 0 aromatic carbocycles. The van der Waals surface area contributed by atoms with Crippen LogP contribution in [0, 0.1) is 0 Å². The number of ether oxygens (including phenoxy) is 1. The summed E-state index contributed by atoms with van der Waals surface area (Å²) in [7, 11) is 4.02. The molecule has 0 aliphatic heterocycles. The third-order valence-corrected chi connectivity index (χ3v) is 3.88. The number of carbonyl (C=O) groups is 1. The van der Waals surface area contributed by atoms with E-state index in [2.05, 4.69) is 28.3 Å². The molecule has 120 valence electrons. The molecule has 0 aliphatic carbocycles. The smallest absolute Gasteiger partial charge is 0.313 e. The Morgan fingerprint density at radius 2 is 2.19 bits per heavy atom. The van der Waals surface area contributed by atoms with Crippen LogP contribution in [-0.2, 0) is 16.1 Å². The number of rotatable bonds is 10. The molecule has 1 rings (SSSR count). The quantitative estimate of drug-likeness (QED) is 0.524. The maximum absolute atomic E-state index is 10.7. The first kappa shape index (κ1) is 18.0. The Morgan fingerprint density at radius 3 is 2.76 bits per heavy atom. The first-order valence-electron chi connectivity index (χ1n) is 7.04. The lowest BCUT2D eigenvalue weighted by atomic mass is 10.1. The number of carboxylic acid groups (broad SMARTS) is 1. The molecule has 0 unspecified atom stereocenters. The highest BCUT2D eigenvalue weighted by atomic mass is 32.2. The molecule has 0 bridgehead atoms. The molecule has 1 heterocycles. The fraction of sp³-hybridized carbons (Fsp3) is 0.714. The van der Waals surface area contributed by atoms with Crippen molar-refractivity contribution in [2.24, 2.45) is 0 Å². The minimum absolute atomic E-state index is 0.0238. The van der Waals surface area contributed by atoms with Gasteiger partial charge >= 0.3 is 5.97 Å². The largest absolute Gasteiger partial charge is 0.481 e. The van der Waals surface area contributed by atoms with E-state index in [9.17, 15) is 4.79 Å². The molecule has 21 heavy (non-hydrogen) atoms. The van der Waals surface area contributed by atoms with Gasteiger partial charge in [0.05, 0.1) is 19.0 Å². The van der Waals surface area contributed by atoms with Crippen LogP contribution in [0.15, 0.2) is 11.4 Å². The van der Waals surface area contributed by atoms with Crippen molar-refractivity contribution in [3.63, 3.8) is 0 Å². The summed E-state index contributed by atoms with van der Waals surface area (Å²) in [6, 6.07) is 0. The second-order valence-electron chi connectivity index (χ2n) is 5.37. The number of imidazole rings is 1. The van der Waals surface area contributed by atoms with Gasteiger partial charge < -0.3 is 19.3 Å². The standard InChI is InChI=1S/C14H25N3O3S/c1-11(2)12-9-15-14(21-10-13(18)19)17(12)6-8-20-7-5-16(3)4/h9,11H,5-8,10H2,1-4H3,(H,18,19). The predicted octanol–water partition coefficient (Wildman–Crippen LogP) is 1.76.